The molecule has 0 saturated carbocycles. The van der Waals surface area contributed by atoms with Gasteiger partial charge < -0.3 is 10.1 Å². The van der Waals surface area contributed by atoms with Gasteiger partial charge in [-0.15, -0.1) is 0 Å². The molecule has 3 N–H and O–H groups in total. The second-order valence-corrected chi connectivity index (χ2v) is 8.57. The summed E-state index contributed by atoms with van der Waals surface area (Å²) in [7, 11) is 0. The van der Waals surface area contributed by atoms with Crippen molar-refractivity contribution in [3.05, 3.63) is 75.7 Å². The number of phenolic OH excluding ortho intramolecular Hbond substituents is 1. The van der Waals surface area contributed by atoms with Crippen LogP contribution in [0, 0.1) is 20.8 Å². The van der Waals surface area contributed by atoms with Crippen LogP contribution in [0.15, 0.2) is 42.5 Å². The van der Waals surface area contributed by atoms with Crippen molar-refractivity contribution >= 4 is 33.5 Å². The normalized spacial score (nSPS) is 11.6. The smallest absolute Gasteiger partial charge is 0.116 e. The second-order valence-electron chi connectivity index (χ2n) is 8.20. The molecule has 0 fully saturated rings. The SMILES string of the molecule is Cc1ccc2n[nH]c(CCc3cc(O)cc(-c4cc5nc(C)[nH]c5cc4C)c3Cl)c2c1. The maximum absolute atomic E-state index is 10.5. The van der Waals surface area contributed by atoms with E-state index < -0.39 is 0 Å². The predicted molar refractivity (Wildman–Crippen MR) is 126 cm³/mol. The number of H-pyrrole nitrogens is 2. The van der Waals surface area contributed by atoms with E-state index in [9.17, 15) is 5.11 Å². The lowest BCUT2D eigenvalue weighted by molar-refractivity contribution is 0.475. The summed E-state index contributed by atoms with van der Waals surface area (Å²) in [4.78, 5) is 7.82. The minimum absolute atomic E-state index is 0.206. The third-order valence-electron chi connectivity index (χ3n) is 5.80. The Hall–Kier alpha value is -3.31. The van der Waals surface area contributed by atoms with Gasteiger partial charge in [-0.05, 0) is 86.7 Å². The Morgan fingerprint density at radius 2 is 1.77 bits per heavy atom. The van der Waals surface area contributed by atoms with E-state index in [4.69, 9.17) is 11.6 Å². The van der Waals surface area contributed by atoms with Crippen LogP contribution in [0.5, 0.6) is 5.75 Å². The Kier molecular flexibility index (Phi) is 4.71. The number of nitrogens with zero attached hydrogens (tertiary/aromatic N) is 2. The van der Waals surface area contributed by atoms with Gasteiger partial charge in [-0.2, -0.15) is 5.10 Å². The third-order valence-corrected chi connectivity index (χ3v) is 6.25. The van der Waals surface area contributed by atoms with Crippen LogP contribution >= 0.6 is 11.6 Å². The Bertz CT molecular complexity index is 1450. The minimum atomic E-state index is 0.206. The van der Waals surface area contributed by atoms with Gasteiger partial charge in [-0.25, -0.2) is 4.98 Å². The van der Waals surface area contributed by atoms with Gasteiger partial charge in [0.05, 0.1) is 21.6 Å². The summed E-state index contributed by atoms with van der Waals surface area (Å²) in [6, 6.07) is 13.8. The minimum Gasteiger partial charge on any atom is -0.508 e. The average molecular weight is 431 g/mol. The quantitative estimate of drug-likeness (QED) is 0.318. The summed E-state index contributed by atoms with van der Waals surface area (Å²) in [5.74, 6) is 1.08. The average Bonchev–Trinajstić information content (AvgIpc) is 3.29. The topological polar surface area (TPSA) is 77.6 Å². The number of nitrogens with one attached hydrogen (secondary N) is 2. The fraction of sp³-hybridized carbons (Fsp3) is 0.200. The molecule has 0 spiro atoms. The number of rotatable bonds is 4. The second kappa shape index (κ2) is 7.43. The van der Waals surface area contributed by atoms with Crippen LogP contribution in [0.4, 0.5) is 0 Å². The molecule has 2 aromatic heterocycles. The number of aryl methyl sites for hydroxylation is 5. The van der Waals surface area contributed by atoms with Crippen molar-refractivity contribution in [1.29, 1.82) is 0 Å². The molecule has 0 saturated heterocycles. The first-order valence-corrected chi connectivity index (χ1v) is 10.7. The lowest BCUT2D eigenvalue weighted by atomic mass is 9.95. The van der Waals surface area contributed by atoms with Gasteiger partial charge >= 0.3 is 0 Å². The van der Waals surface area contributed by atoms with Crippen molar-refractivity contribution in [2.45, 2.75) is 33.6 Å². The molecule has 5 aromatic rings. The number of aromatic amines is 2. The highest BCUT2D eigenvalue weighted by atomic mass is 35.5. The number of benzene rings is 3. The van der Waals surface area contributed by atoms with E-state index in [-0.39, 0.29) is 5.75 Å². The van der Waals surface area contributed by atoms with Crippen LogP contribution in [0.25, 0.3) is 33.1 Å². The fourth-order valence-corrected chi connectivity index (χ4v) is 4.56. The first kappa shape index (κ1) is 19.6. The molecule has 0 atom stereocenters. The van der Waals surface area contributed by atoms with Crippen LogP contribution in [0.1, 0.15) is 28.2 Å². The molecular formula is C25H23ClN4O. The predicted octanol–water partition coefficient (Wildman–Crippen LogP) is 6.18. The molecule has 0 aliphatic rings. The molecule has 0 unspecified atom stereocenters. The molecule has 2 heterocycles. The Morgan fingerprint density at radius 1 is 0.935 bits per heavy atom. The van der Waals surface area contributed by atoms with E-state index in [1.807, 2.05) is 26.0 Å². The van der Waals surface area contributed by atoms with Crippen molar-refractivity contribution in [2.24, 2.45) is 0 Å². The Balaban J connectivity index is 1.52. The van der Waals surface area contributed by atoms with E-state index in [0.29, 0.717) is 11.4 Å². The lowest BCUT2D eigenvalue weighted by Gasteiger charge is -2.13. The molecule has 0 bridgehead atoms. The van der Waals surface area contributed by atoms with Gasteiger partial charge in [-0.1, -0.05) is 23.2 Å². The van der Waals surface area contributed by atoms with Crippen LogP contribution in [-0.4, -0.2) is 25.3 Å². The summed E-state index contributed by atoms with van der Waals surface area (Å²) < 4.78 is 0. The van der Waals surface area contributed by atoms with Crippen molar-refractivity contribution in [1.82, 2.24) is 20.2 Å². The molecule has 31 heavy (non-hydrogen) atoms. The molecule has 6 heteroatoms. The summed E-state index contributed by atoms with van der Waals surface area (Å²) in [6.07, 6.45) is 1.44. The molecule has 5 rings (SSSR count). The van der Waals surface area contributed by atoms with Crippen molar-refractivity contribution in [3.8, 4) is 16.9 Å². The number of phenols is 1. The van der Waals surface area contributed by atoms with Crippen LogP contribution in [0.2, 0.25) is 5.02 Å². The van der Waals surface area contributed by atoms with Gasteiger partial charge in [-0.3, -0.25) is 5.10 Å². The number of aromatic hydroxyl groups is 1. The monoisotopic (exact) mass is 430 g/mol. The van der Waals surface area contributed by atoms with Crippen LogP contribution in [-0.2, 0) is 12.8 Å². The Morgan fingerprint density at radius 3 is 2.61 bits per heavy atom. The molecular weight excluding hydrogens is 408 g/mol. The molecule has 3 aromatic carbocycles. The van der Waals surface area contributed by atoms with Gasteiger partial charge in [0.25, 0.3) is 0 Å². The lowest BCUT2D eigenvalue weighted by Crippen LogP contribution is -1.96. The zero-order chi connectivity index (χ0) is 21.7. The van der Waals surface area contributed by atoms with Gasteiger partial charge in [0.1, 0.15) is 11.6 Å². The number of fused-ring (bicyclic) bond motifs is 2. The number of hydrogen-bond donors (Lipinski definition) is 3. The largest absolute Gasteiger partial charge is 0.508 e. The van der Waals surface area contributed by atoms with Crippen molar-refractivity contribution in [2.75, 3.05) is 0 Å². The Labute approximate surface area is 185 Å². The van der Waals surface area contributed by atoms with E-state index >= 15 is 0 Å². The highest BCUT2D eigenvalue weighted by Crippen LogP contribution is 2.38. The van der Waals surface area contributed by atoms with Gasteiger partial charge in [0.15, 0.2) is 0 Å². The van der Waals surface area contributed by atoms with Gasteiger partial charge in [0, 0.05) is 16.6 Å². The number of halogens is 1. The van der Waals surface area contributed by atoms with Crippen LogP contribution < -0.4 is 0 Å². The first-order valence-electron chi connectivity index (χ1n) is 10.3. The van der Waals surface area contributed by atoms with E-state index in [1.54, 1.807) is 12.1 Å². The number of hydrogen-bond acceptors (Lipinski definition) is 3. The van der Waals surface area contributed by atoms with Crippen LogP contribution in [0.3, 0.4) is 0 Å². The summed E-state index contributed by atoms with van der Waals surface area (Å²) in [5.41, 5.74) is 8.90. The van der Waals surface area contributed by atoms with E-state index in [0.717, 1.165) is 62.1 Å². The maximum atomic E-state index is 10.5. The molecule has 156 valence electrons. The molecule has 0 aliphatic heterocycles. The zero-order valence-corrected chi connectivity index (χ0v) is 18.4. The van der Waals surface area contributed by atoms with E-state index in [1.165, 1.54) is 5.56 Å². The number of imidazole rings is 1. The zero-order valence-electron chi connectivity index (χ0n) is 17.7. The highest BCUT2D eigenvalue weighted by molar-refractivity contribution is 6.34. The number of aromatic nitrogens is 4. The van der Waals surface area contributed by atoms with Crippen molar-refractivity contribution in [3.63, 3.8) is 0 Å². The summed E-state index contributed by atoms with van der Waals surface area (Å²) in [5, 5.41) is 19.8. The highest BCUT2D eigenvalue weighted by Gasteiger charge is 2.15. The van der Waals surface area contributed by atoms with Crippen molar-refractivity contribution < 1.29 is 5.11 Å². The first-order chi connectivity index (χ1) is 14.9. The molecule has 0 amide bonds. The summed E-state index contributed by atoms with van der Waals surface area (Å²) in [6.45, 7) is 6.06. The maximum Gasteiger partial charge on any atom is 0.116 e. The van der Waals surface area contributed by atoms with E-state index in [2.05, 4.69) is 45.3 Å². The van der Waals surface area contributed by atoms with Gasteiger partial charge in [0.2, 0.25) is 0 Å². The molecule has 0 aliphatic carbocycles. The fourth-order valence-electron chi connectivity index (χ4n) is 4.26. The third kappa shape index (κ3) is 3.55. The molecule has 0 radical (unpaired) electrons. The standard InChI is InChI=1S/C25H23ClN4O/c1-13-4-6-21-20(8-13)22(30-29-21)7-5-16-10-17(31)11-19(25(16)26)18-12-24-23(9-14(18)2)27-15(3)28-24/h4,6,8-12,31H,5,7H2,1-3H3,(H,27,28)(H,29,30). The molecule has 5 nitrogen and oxygen atoms in total. The summed E-state index contributed by atoms with van der Waals surface area (Å²) >= 11 is 6.86.